The molecule has 0 radical (unpaired) electrons. The van der Waals surface area contributed by atoms with Gasteiger partial charge in [-0.25, -0.2) is 9.78 Å². The molecule has 88 valence electrons. The summed E-state index contributed by atoms with van der Waals surface area (Å²) in [5, 5.41) is 19.0. The zero-order valence-electron chi connectivity index (χ0n) is 8.70. The Morgan fingerprint density at radius 1 is 1.56 bits per heavy atom. The van der Waals surface area contributed by atoms with Crippen LogP contribution in [0.5, 0.6) is 0 Å². The molecule has 0 saturated carbocycles. The predicted octanol–water partition coefficient (Wildman–Crippen LogP) is 0.192. The Bertz CT molecular complexity index is 372. The molecule has 0 amide bonds. The Kier molecular flexibility index (Phi) is 4.72. The monoisotopic (exact) mass is 243 g/mol. The lowest BCUT2D eigenvalue weighted by Gasteiger charge is -2.15. The van der Waals surface area contributed by atoms with E-state index in [0.717, 1.165) is 0 Å². The highest BCUT2D eigenvalue weighted by atomic mass is 32.1. The number of esters is 1. The molecular weight excluding hydrogens is 230 g/mol. The van der Waals surface area contributed by atoms with Gasteiger partial charge in [0.2, 0.25) is 0 Å². The van der Waals surface area contributed by atoms with Crippen molar-refractivity contribution in [1.82, 2.24) is 4.98 Å². The van der Waals surface area contributed by atoms with E-state index in [1.54, 1.807) is 6.07 Å². The molecule has 6 heteroatoms. The third-order valence-corrected chi connectivity index (χ3v) is 2.39. The molecule has 0 fully saturated rings. The van der Waals surface area contributed by atoms with E-state index < -0.39 is 18.2 Å². The summed E-state index contributed by atoms with van der Waals surface area (Å²) < 4.78 is 4.50. The molecule has 0 aliphatic carbocycles. The number of carbonyl (C=O) groups excluding carboxylic acids is 1. The average Bonchev–Trinajstić information content (AvgIpc) is 2.36. The number of carbonyl (C=O) groups is 1. The van der Waals surface area contributed by atoms with Crippen LogP contribution in [0.2, 0.25) is 0 Å². The summed E-state index contributed by atoms with van der Waals surface area (Å²) in [5.41, 5.74) is 0.301. The predicted molar refractivity (Wildman–Crippen MR) is 60.4 cm³/mol. The largest absolute Gasteiger partial charge is 0.464 e. The number of methoxy groups -OCH3 is 1. The van der Waals surface area contributed by atoms with Gasteiger partial charge in [0.25, 0.3) is 0 Å². The van der Waals surface area contributed by atoms with Crippen molar-refractivity contribution in [2.75, 3.05) is 12.9 Å². The maximum atomic E-state index is 11.2. The second-order valence-corrected chi connectivity index (χ2v) is 3.50. The highest BCUT2D eigenvalue weighted by Gasteiger charge is 2.19. The molecule has 1 aromatic heterocycles. The molecule has 5 nitrogen and oxygen atoms in total. The number of hydrogen-bond donors (Lipinski definition) is 3. The number of nitrogens with zero attached hydrogens (tertiary/aromatic N) is 1. The van der Waals surface area contributed by atoms with Gasteiger partial charge in [0.15, 0.2) is 0 Å². The minimum Gasteiger partial charge on any atom is -0.464 e. The van der Waals surface area contributed by atoms with E-state index in [4.69, 9.17) is 0 Å². The van der Waals surface area contributed by atoms with Crippen molar-refractivity contribution in [2.24, 2.45) is 0 Å². The zero-order chi connectivity index (χ0) is 12.1. The first-order chi connectivity index (χ1) is 7.60. The van der Waals surface area contributed by atoms with Crippen LogP contribution in [-0.4, -0.2) is 40.1 Å². The van der Waals surface area contributed by atoms with E-state index in [1.165, 1.54) is 19.2 Å². The lowest BCUT2D eigenvalue weighted by Crippen LogP contribution is -2.21. The van der Waals surface area contributed by atoms with E-state index in [2.05, 4.69) is 22.3 Å². The fraction of sp³-hybridized carbons (Fsp3) is 0.400. The molecule has 1 heterocycles. The third kappa shape index (κ3) is 2.94. The van der Waals surface area contributed by atoms with Gasteiger partial charge in [-0.2, -0.15) is 12.6 Å². The first-order valence-corrected chi connectivity index (χ1v) is 5.25. The number of pyridine rings is 1. The van der Waals surface area contributed by atoms with Crippen LogP contribution < -0.4 is 0 Å². The number of aromatic nitrogens is 1. The van der Waals surface area contributed by atoms with E-state index in [9.17, 15) is 15.0 Å². The van der Waals surface area contributed by atoms with Crippen LogP contribution in [-0.2, 0) is 4.74 Å². The Morgan fingerprint density at radius 2 is 2.25 bits per heavy atom. The second kappa shape index (κ2) is 5.83. The lowest BCUT2D eigenvalue weighted by atomic mass is 10.1. The fourth-order valence-electron chi connectivity index (χ4n) is 1.13. The molecule has 2 N–H and O–H groups in total. The Morgan fingerprint density at radius 3 is 2.81 bits per heavy atom. The quantitative estimate of drug-likeness (QED) is 0.520. The SMILES string of the molecule is COC(=O)c1cccc(C(O)C(O)CS)n1. The summed E-state index contributed by atoms with van der Waals surface area (Å²) in [6.45, 7) is 0. The molecule has 1 rings (SSSR count). The van der Waals surface area contributed by atoms with E-state index in [-0.39, 0.29) is 17.1 Å². The van der Waals surface area contributed by atoms with E-state index in [0.29, 0.717) is 0 Å². The summed E-state index contributed by atoms with van der Waals surface area (Å²) in [7, 11) is 1.25. The topological polar surface area (TPSA) is 79.7 Å². The summed E-state index contributed by atoms with van der Waals surface area (Å²) in [4.78, 5) is 15.1. The standard InChI is InChI=1S/C10H13NO4S/c1-15-10(14)7-4-2-3-6(11-7)9(13)8(12)5-16/h2-4,8-9,12-13,16H,5H2,1H3. The summed E-state index contributed by atoms with van der Waals surface area (Å²) in [6.07, 6.45) is -2.19. The van der Waals surface area contributed by atoms with Gasteiger partial charge in [0.1, 0.15) is 11.8 Å². The normalized spacial score (nSPS) is 14.2. The number of thiol groups is 1. The highest BCUT2D eigenvalue weighted by molar-refractivity contribution is 7.80. The van der Waals surface area contributed by atoms with Crippen LogP contribution in [0, 0.1) is 0 Å². The van der Waals surface area contributed by atoms with Crippen molar-refractivity contribution in [3.63, 3.8) is 0 Å². The van der Waals surface area contributed by atoms with Gasteiger partial charge in [-0.1, -0.05) is 6.07 Å². The van der Waals surface area contributed by atoms with Gasteiger partial charge >= 0.3 is 5.97 Å². The van der Waals surface area contributed by atoms with Gasteiger partial charge in [-0.3, -0.25) is 0 Å². The van der Waals surface area contributed by atoms with Crippen LogP contribution in [0.1, 0.15) is 22.3 Å². The molecular formula is C10H13NO4S. The third-order valence-electron chi connectivity index (χ3n) is 2.02. The summed E-state index contributed by atoms with van der Waals surface area (Å²) >= 11 is 3.86. The number of rotatable bonds is 4. The number of aliphatic hydroxyl groups excluding tert-OH is 2. The van der Waals surface area contributed by atoms with Crippen LogP contribution in [0.4, 0.5) is 0 Å². The van der Waals surface area contributed by atoms with Crippen molar-refractivity contribution in [3.8, 4) is 0 Å². The molecule has 2 atom stereocenters. The molecule has 2 unspecified atom stereocenters. The summed E-state index contributed by atoms with van der Waals surface area (Å²) in [6, 6.07) is 4.54. The Hall–Kier alpha value is -1.11. The summed E-state index contributed by atoms with van der Waals surface area (Å²) in [5.74, 6) is -0.486. The highest BCUT2D eigenvalue weighted by Crippen LogP contribution is 2.16. The zero-order valence-corrected chi connectivity index (χ0v) is 9.59. The first-order valence-electron chi connectivity index (χ1n) is 4.62. The fourth-order valence-corrected chi connectivity index (χ4v) is 1.33. The molecule has 0 spiro atoms. The van der Waals surface area contributed by atoms with Crippen molar-refractivity contribution in [3.05, 3.63) is 29.6 Å². The smallest absolute Gasteiger partial charge is 0.356 e. The van der Waals surface area contributed by atoms with Gasteiger partial charge in [-0.05, 0) is 12.1 Å². The maximum Gasteiger partial charge on any atom is 0.356 e. The number of ether oxygens (including phenoxy) is 1. The van der Waals surface area contributed by atoms with Crippen LogP contribution in [0.15, 0.2) is 18.2 Å². The average molecular weight is 243 g/mol. The van der Waals surface area contributed by atoms with E-state index in [1.807, 2.05) is 0 Å². The molecule has 0 aromatic carbocycles. The molecule has 0 saturated heterocycles. The van der Waals surface area contributed by atoms with Gasteiger partial charge in [0.05, 0.1) is 18.9 Å². The number of aliphatic hydroxyl groups is 2. The Labute approximate surface area is 98.5 Å². The second-order valence-electron chi connectivity index (χ2n) is 3.13. The minimum absolute atomic E-state index is 0.0883. The molecule has 1 aromatic rings. The van der Waals surface area contributed by atoms with Crippen molar-refractivity contribution in [2.45, 2.75) is 12.2 Å². The minimum atomic E-state index is -1.16. The molecule has 0 aliphatic heterocycles. The van der Waals surface area contributed by atoms with E-state index >= 15 is 0 Å². The first kappa shape index (κ1) is 13.0. The van der Waals surface area contributed by atoms with Crippen LogP contribution in [0.3, 0.4) is 0 Å². The molecule has 0 bridgehead atoms. The number of hydrogen-bond acceptors (Lipinski definition) is 6. The van der Waals surface area contributed by atoms with Crippen molar-refractivity contribution in [1.29, 1.82) is 0 Å². The van der Waals surface area contributed by atoms with Crippen molar-refractivity contribution >= 4 is 18.6 Å². The molecule has 16 heavy (non-hydrogen) atoms. The van der Waals surface area contributed by atoms with Gasteiger partial charge in [0, 0.05) is 5.75 Å². The molecule has 0 aliphatic rings. The van der Waals surface area contributed by atoms with Crippen LogP contribution >= 0.6 is 12.6 Å². The van der Waals surface area contributed by atoms with Crippen LogP contribution in [0.25, 0.3) is 0 Å². The maximum absolute atomic E-state index is 11.2. The van der Waals surface area contributed by atoms with Crippen molar-refractivity contribution < 1.29 is 19.7 Å². The van der Waals surface area contributed by atoms with Gasteiger partial charge < -0.3 is 14.9 Å². The van der Waals surface area contributed by atoms with Gasteiger partial charge in [-0.15, -0.1) is 0 Å². The Balaban J connectivity index is 2.94. The lowest BCUT2D eigenvalue weighted by molar-refractivity contribution is 0.0306.